The normalized spacial score (nSPS) is 22.2. The van der Waals surface area contributed by atoms with E-state index in [1.807, 2.05) is 25.1 Å². The highest BCUT2D eigenvalue weighted by Crippen LogP contribution is 2.54. The van der Waals surface area contributed by atoms with Gasteiger partial charge in [-0.3, -0.25) is 9.69 Å². The number of benzene rings is 1. The number of alkyl halides is 2. The van der Waals surface area contributed by atoms with Crippen molar-refractivity contribution in [1.29, 1.82) is 0 Å². The third-order valence-corrected chi connectivity index (χ3v) is 7.64. The number of pyridine rings is 1. The van der Waals surface area contributed by atoms with Gasteiger partial charge in [-0.05, 0) is 59.1 Å². The molecule has 1 atom stereocenters. The molecule has 1 aromatic carbocycles. The van der Waals surface area contributed by atoms with Crippen LogP contribution in [0.4, 0.5) is 14.6 Å². The van der Waals surface area contributed by atoms with Gasteiger partial charge in [0.2, 0.25) is 11.8 Å². The van der Waals surface area contributed by atoms with Gasteiger partial charge in [0.15, 0.2) is 0 Å². The first-order valence-electron chi connectivity index (χ1n) is 12.1. The van der Waals surface area contributed by atoms with E-state index in [1.54, 1.807) is 6.20 Å². The SMILES string of the molecule is CC(C)(C)CCc1ccc([C@]2(C)CC(=O)N(c3ccc(C(=O)O)cn3)C=C2C2CC(F)(F)C2)cc1Cl. The first-order chi connectivity index (χ1) is 16.7. The molecule has 1 amide bonds. The highest BCUT2D eigenvalue weighted by Gasteiger charge is 2.52. The van der Waals surface area contributed by atoms with E-state index < -0.39 is 23.2 Å². The zero-order valence-corrected chi connectivity index (χ0v) is 21.7. The van der Waals surface area contributed by atoms with Crippen molar-refractivity contribution in [3.8, 4) is 0 Å². The fourth-order valence-electron chi connectivity index (χ4n) is 5.00. The second-order valence-electron chi connectivity index (χ2n) is 11.4. The Kier molecular flexibility index (Phi) is 6.75. The summed E-state index contributed by atoms with van der Waals surface area (Å²) in [6, 6.07) is 8.62. The summed E-state index contributed by atoms with van der Waals surface area (Å²) in [7, 11) is 0. The number of aromatic nitrogens is 1. The molecule has 5 nitrogen and oxygen atoms in total. The smallest absolute Gasteiger partial charge is 0.337 e. The maximum Gasteiger partial charge on any atom is 0.337 e. The lowest BCUT2D eigenvalue weighted by Gasteiger charge is -2.47. The average molecular weight is 517 g/mol. The lowest BCUT2D eigenvalue weighted by molar-refractivity contribution is -0.120. The van der Waals surface area contributed by atoms with Crippen LogP contribution in [0.3, 0.4) is 0 Å². The van der Waals surface area contributed by atoms with Gasteiger partial charge in [-0.2, -0.15) is 0 Å². The number of nitrogens with zero attached hydrogens (tertiary/aromatic N) is 2. The van der Waals surface area contributed by atoms with Crippen molar-refractivity contribution in [2.24, 2.45) is 11.3 Å². The minimum absolute atomic E-state index is 0.00271. The van der Waals surface area contributed by atoms with E-state index in [0.717, 1.165) is 29.5 Å². The summed E-state index contributed by atoms with van der Waals surface area (Å²) in [6.45, 7) is 8.42. The molecule has 2 aliphatic rings. The number of halogens is 3. The number of carbonyl (C=O) groups is 2. The number of rotatable bonds is 6. The van der Waals surface area contributed by atoms with E-state index in [4.69, 9.17) is 16.7 Å². The average Bonchev–Trinajstić information content (AvgIpc) is 2.76. The van der Waals surface area contributed by atoms with Crippen LogP contribution in [0.25, 0.3) is 0 Å². The molecule has 192 valence electrons. The van der Waals surface area contributed by atoms with Crippen LogP contribution in [0.5, 0.6) is 0 Å². The van der Waals surface area contributed by atoms with Gasteiger partial charge in [0.1, 0.15) is 5.82 Å². The molecule has 8 heteroatoms. The number of hydrogen-bond donors (Lipinski definition) is 1. The molecular formula is C28H31ClF2N2O3. The number of carbonyl (C=O) groups excluding carboxylic acids is 1. The summed E-state index contributed by atoms with van der Waals surface area (Å²) in [6.07, 6.45) is 4.09. The van der Waals surface area contributed by atoms with E-state index in [2.05, 4.69) is 25.8 Å². The number of anilines is 1. The second kappa shape index (κ2) is 9.25. The minimum atomic E-state index is -2.73. The van der Waals surface area contributed by atoms with Crippen molar-refractivity contribution in [1.82, 2.24) is 4.98 Å². The Bertz CT molecular complexity index is 1210. The molecule has 4 rings (SSSR count). The van der Waals surface area contributed by atoms with E-state index in [9.17, 15) is 18.4 Å². The van der Waals surface area contributed by atoms with Crippen molar-refractivity contribution in [3.63, 3.8) is 0 Å². The molecule has 0 radical (unpaired) electrons. The van der Waals surface area contributed by atoms with E-state index in [1.165, 1.54) is 23.2 Å². The van der Waals surface area contributed by atoms with Crippen molar-refractivity contribution < 1.29 is 23.5 Å². The van der Waals surface area contributed by atoms with Gasteiger partial charge < -0.3 is 5.11 Å². The Morgan fingerprint density at radius 1 is 1.22 bits per heavy atom. The number of amides is 1. The van der Waals surface area contributed by atoms with Gasteiger partial charge in [-0.25, -0.2) is 18.6 Å². The van der Waals surface area contributed by atoms with Gasteiger partial charge in [0.25, 0.3) is 0 Å². The fourth-order valence-corrected chi connectivity index (χ4v) is 5.28. The highest BCUT2D eigenvalue weighted by atomic mass is 35.5. The lowest BCUT2D eigenvalue weighted by Crippen LogP contribution is -2.47. The van der Waals surface area contributed by atoms with Crippen molar-refractivity contribution in [3.05, 3.63) is 70.0 Å². The van der Waals surface area contributed by atoms with Crippen LogP contribution in [0.1, 0.15) is 74.9 Å². The van der Waals surface area contributed by atoms with Crippen LogP contribution in [-0.4, -0.2) is 27.9 Å². The monoisotopic (exact) mass is 516 g/mol. The summed E-state index contributed by atoms with van der Waals surface area (Å²) in [5.41, 5.74) is 1.92. The van der Waals surface area contributed by atoms with Crippen LogP contribution >= 0.6 is 11.6 Å². The molecule has 36 heavy (non-hydrogen) atoms. The number of aromatic carboxylic acids is 1. The van der Waals surface area contributed by atoms with Gasteiger partial charge in [0.05, 0.1) is 5.56 Å². The Balaban J connectivity index is 1.71. The molecule has 1 aliphatic carbocycles. The van der Waals surface area contributed by atoms with Gasteiger partial charge in [0, 0.05) is 42.1 Å². The maximum absolute atomic E-state index is 13.9. The van der Waals surface area contributed by atoms with E-state index >= 15 is 0 Å². The Morgan fingerprint density at radius 2 is 1.92 bits per heavy atom. The van der Waals surface area contributed by atoms with Crippen LogP contribution in [0, 0.1) is 11.3 Å². The summed E-state index contributed by atoms with van der Waals surface area (Å²) < 4.78 is 27.8. The molecule has 0 spiro atoms. The first kappa shape index (κ1) is 26.3. The Labute approximate surface area is 215 Å². The topological polar surface area (TPSA) is 70.5 Å². The van der Waals surface area contributed by atoms with E-state index in [-0.39, 0.29) is 42.0 Å². The Hall–Kier alpha value is -2.80. The summed E-state index contributed by atoms with van der Waals surface area (Å²) in [5, 5.41) is 9.75. The van der Waals surface area contributed by atoms with Crippen LogP contribution < -0.4 is 4.90 Å². The van der Waals surface area contributed by atoms with E-state index in [0.29, 0.717) is 5.02 Å². The first-order valence-corrected chi connectivity index (χ1v) is 12.5. The zero-order valence-electron chi connectivity index (χ0n) is 20.9. The number of aryl methyl sites for hydroxylation is 1. The predicted molar refractivity (Wildman–Crippen MR) is 136 cm³/mol. The number of carboxylic acid groups (broad SMARTS) is 1. The third-order valence-electron chi connectivity index (χ3n) is 7.28. The van der Waals surface area contributed by atoms with Crippen LogP contribution in [0.2, 0.25) is 5.02 Å². The fraction of sp³-hybridized carbons (Fsp3) is 0.464. The number of allylic oxidation sites excluding steroid dienone is 1. The molecular weight excluding hydrogens is 486 g/mol. The quantitative estimate of drug-likeness (QED) is 0.447. The maximum atomic E-state index is 13.9. The molecule has 1 fully saturated rings. The number of carboxylic acids is 1. The second-order valence-corrected chi connectivity index (χ2v) is 11.8. The number of hydrogen-bond acceptors (Lipinski definition) is 3. The molecule has 2 heterocycles. The summed E-state index contributed by atoms with van der Waals surface area (Å²) >= 11 is 6.67. The predicted octanol–water partition coefficient (Wildman–Crippen LogP) is 7.04. The Morgan fingerprint density at radius 3 is 2.44 bits per heavy atom. The largest absolute Gasteiger partial charge is 0.478 e. The standard InChI is InChI=1S/C28H31ClF2N2O3/c1-26(2,3)10-9-17-5-7-20(11-22(17)29)27(4)14-24(34)33(16-21(27)19-12-28(30,31)13-19)23-8-6-18(15-32-23)25(35)36/h5-8,11,15-16,19H,9-10,12-14H2,1-4H3,(H,35,36)/t27-/m0/s1. The molecule has 1 N–H and O–H groups in total. The summed E-state index contributed by atoms with van der Waals surface area (Å²) in [5.74, 6) is -4.24. The lowest BCUT2D eigenvalue weighted by atomic mass is 9.62. The third kappa shape index (κ3) is 5.31. The van der Waals surface area contributed by atoms with Crippen LogP contribution in [0.15, 0.2) is 48.3 Å². The van der Waals surface area contributed by atoms with Crippen molar-refractivity contribution in [2.45, 2.75) is 71.1 Å². The molecule has 1 aliphatic heterocycles. The molecule has 0 saturated heterocycles. The molecule has 1 saturated carbocycles. The molecule has 1 aromatic heterocycles. The van der Waals surface area contributed by atoms with Crippen molar-refractivity contribution in [2.75, 3.05) is 4.90 Å². The highest BCUT2D eigenvalue weighted by molar-refractivity contribution is 6.31. The zero-order chi connectivity index (χ0) is 26.5. The summed E-state index contributed by atoms with van der Waals surface area (Å²) in [4.78, 5) is 30.0. The minimum Gasteiger partial charge on any atom is -0.478 e. The molecule has 2 aromatic rings. The van der Waals surface area contributed by atoms with Gasteiger partial charge in [-0.15, -0.1) is 0 Å². The van der Waals surface area contributed by atoms with Gasteiger partial charge in [-0.1, -0.05) is 51.4 Å². The molecule has 0 bridgehead atoms. The van der Waals surface area contributed by atoms with Crippen molar-refractivity contribution >= 4 is 29.3 Å². The van der Waals surface area contributed by atoms with Crippen LogP contribution in [-0.2, 0) is 16.6 Å². The molecule has 0 unspecified atom stereocenters. The van der Waals surface area contributed by atoms with Gasteiger partial charge >= 0.3 is 5.97 Å².